The number of rotatable bonds is 36. The van der Waals surface area contributed by atoms with Crippen molar-refractivity contribution in [2.45, 2.75) is 160 Å². The molecule has 9 N–H and O–H groups in total. The number of aromatic nitrogens is 3. The van der Waals surface area contributed by atoms with Gasteiger partial charge in [0.2, 0.25) is 45.0 Å². The number of carbonyl (C=O) groups excluding carboxylic acids is 8. The maximum Gasteiger partial charge on any atom is 0.325 e. The van der Waals surface area contributed by atoms with Crippen LogP contribution in [0.5, 0.6) is 0 Å². The lowest BCUT2D eigenvalue weighted by Gasteiger charge is -2.38. The summed E-state index contributed by atoms with van der Waals surface area (Å²) in [5, 5.41) is 17.1. The first-order valence-corrected chi connectivity index (χ1v) is 35.3. The number of fused-ring (bicyclic) bond motifs is 1. The first-order chi connectivity index (χ1) is 48.4. The van der Waals surface area contributed by atoms with E-state index >= 15 is 0 Å². The first-order valence-electron chi connectivity index (χ1n) is 33.9. The van der Waals surface area contributed by atoms with Crippen molar-refractivity contribution < 1.29 is 65.7 Å². The Hall–Kier alpha value is -10.1. The van der Waals surface area contributed by atoms with Gasteiger partial charge in [0.05, 0.1) is 36.4 Å². The van der Waals surface area contributed by atoms with E-state index < -0.39 is 111 Å². The van der Waals surface area contributed by atoms with Gasteiger partial charge in [0.25, 0.3) is 5.91 Å². The molecule has 3 unspecified atom stereocenters. The summed E-state index contributed by atoms with van der Waals surface area (Å²) in [6, 6.07) is 34.8. The lowest BCUT2D eigenvalue weighted by Crippen LogP contribution is -2.53. The number of benzene rings is 5. The molecule has 0 aliphatic heterocycles. The van der Waals surface area contributed by atoms with Gasteiger partial charge in [0.1, 0.15) is 34.4 Å². The predicted molar refractivity (Wildman–Crippen MR) is 385 cm³/mol. The van der Waals surface area contributed by atoms with E-state index in [1.807, 2.05) is 73.8 Å². The van der Waals surface area contributed by atoms with E-state index in [0.717, 1.165) is 34.9 Å². The van der Waals surface area contributed by atoms with E-state index in [1.165, 1.54) is 6.20 Å². The average molecular weight is 1420 g/mol. The number of esters is 3. The van der Waals surface area contributed by atoms with E-state index in [2.05, 4.69) is 77.6 Å². The van der Waals surface area contributed by atoms with Crippen LogP contribution in [-0.4, -0.2) is 146 Å². The van der Waals surface area contributed by atoms with Crippen molar-refractivity contribution in [1.29, 1.82) is 0 Å². The summed E-state index contributed by atoms with van der Waals surface area (Å²) in [7, 11) is -3.25. The highest BCUT2D eigenvalue weighted by atomic mass is 32.2. The molecule has 0 saturated heterocycles. The number of nitrogens with two attached hydrogens (primary N) is 1. The summed E-state index contributed by atoms with van der Waals surface area (Å²) >= 11 is 0. The molecule has 2 heterocycles. The molecule has 102 heavy (non-hydrogen) atoms. The maximum atomic E-state index is 14.5. The van der Waals surface area contributed by atoms with Crippen molar-refractivity contribution in [3.8, 4) is 0 Å². The molecule has 0 saturated carbocycles. The van der Waals surface area contributed by atoms with Crippen LogP contribution in [0.3, 0.4) is 0 Å². The number of hydrogen-bond donors (Lipinski definition) is 8. The number of ether oxygens (including phenoxy) is 4. The molecule has 0 radical (unpaired) electrons. The van der Waals surface area contributed by atoms with Crippen molar-refractivity contribution in [3.63, 3.8) is 0 Å². The van der Waals surface area contributed by atoms with Gasteiger partial charge in [-0.2, -0.15) is 4.72 Å². The highest BCUT2D eigenvalue weighted by Crippen LogP contribution is 2.42. The van der Waals surface area contributed by atoms with Gasteiger partial charge in [-0.1, -0.05) is 115 Å². The second-order valence-corrected chi connectivity index (χ2v) is 28.4. The first kappa shape index (κ1) is 79.2. The number of sulfonamides is 1. The molecule has 0 aliphatic carbocycles. The summed E-state index contributed by atoms with van der Waals surface area (Å²) in [6.07, 6.45) is 4.98. The van der Waals surface area contributed by atoms with Gasteiger partial charge in [-0.05, 0) is 127 Å². The molecular weight excluding hydrogens is 1330 g/mol. The number of nitrogens with zero attached hydrogens (tertiary/aromatic N) is 3. The highest BCUT2D eigenvalue weighted by molar-refractivity contribution is 7.89. The van der Waals surface area contributed by atoms with Crippen LogP contribution in [0.15, 0.2) is 150 Å². The Labute approximate surface area is 595 Å². The molecule has 0 fully saturated rings. The predicted octanol–water partition coefficient (Wildman–Crippen LogP) is 6.42. The topological polar surface area (TPSA) is 358 Å². The normalized spacial score (nSPS) is 12.7. The number of nitrogens with one attached hydrogen (secondary N) is 7. The van der Waals surface area contributed by atoms with Gasteiger partial charge in [-0.15, -0.1) is 0 Å². The van der Waals surface area contributed by atoms with Gasteiger partial charge < -0.3 is 61.1 Å². The quantitative estimate of drug-likeness (QED) is 0.00909. The Kier molecular flexibility index (Phi) is 28.3. The molecule has 7 rings (SSSR count). The fraction of sp³-hybridized carbons (Fsp3) is 0.413. The van der Waals surface area contributed by atoms with E-state index in [4.69, 9.17) is 29.7 Å². The zero-order valence-corrected chi connectivity index (χ0v) is 60.4. The van der Waals surface area contributed by atoms with Gasteiger partial charge in [-0.25, -0.2) is 13.4 Å². The molecule has 2 aromatic heterocycles. The van der Waals surface area contributed by atoms with Crippen molar-refractivity contribution in [2.24, 2.45) is 5.73 Å². The second kappa shape index (κ2) is 36.5. The molecule has 5 amide bonds. The van der Waals surface area contributed by atoms with Crippen molar-refractivity contribution in [2.75, 3.05) is 51.8 Å². The van der Waals surface area contributed by atoms with Crippen molar-refractivity contribution >= 4 is 74.3 Å². The Balaban J connectivity index is 0.965. The third-order valence-electron chi connectivity index (χ3n) is 16.1. The van der Waals surface area contributed by atoms with Gasteiger partial charge in [0.15, 0.2) is 0 Å². The Morgan fingerprint density at radius 2 is 1.17 bits per heavy atom. The second-order valence-electron chi connectivity index (χ2n) is 26.7. The Bertz CT molecular complexity index is 4130. The van der Waals surface area contributed by atoms with Gasteiger partial charge in [-0.3, -0.25) is 47.7 Å². The third-order valence-corrected chi connectivity index (χ3v) is 17.9. The van der Waals surface area contributed by atoms with E-state index in [9.17, 15) is 51.6 Å². The fourth-order valence-electron chi connectivity index (χ4n) is 11.8. The number of methoxy groups -OCH3 is 1. The van der Waals surface area contributed by atoms with Crippen LogP contribution < -0.4 is 47.8 Å². The minimum atomic E-state index is -4.34. The minimum absolute atomic E-state index is 0.0265. The number of imidazole rings is 1. The summed E-state index contributed by atoms with van der Waals surface area (Å²) < 4.78 is 55.1. The van der Waals surface area contributed by atoms with Crippen LogP contribution >= 0.6 is 0 Å². The van der Waals surface area contributed by atoms with E-state index in [-0.39, 0.29) is 80.5 Å². The molecule has 0 bridgehead atoms. The van der Waals surface area contributed by atoms with Crippen molar-refractivity contribution in [3.05, 3.63) is 195 Å². The highest BCUT2D eigenvalue weighted by Gasteiger charge is 2.40. The van der Waals surface area contributed by atoms with Crippen LogP contribution in [-0.2, 0) is 81.2 Å². The third kappa shape index (κ3) is 22.5. The van der Waals surface area contributed by atoms with Crippen molar-refractivity contribution in [1.82, 2.24) is 45.4 Å². The molecule has 546 valence electrons. The lowest BCUT2D eigenvalue weighted by molar-refractivity contribution is -0.158. The zero-order valence-electron chi connectivity index (χ0n) is 59.6. The van der Waals surface area contributed by atoms with Gasteiger partial charge >= 0.3 is 17.9 Å². The molecule has 5 aromatic carbocycles. The molecule has 26 nitrogen and oxygen atoms in total. The summed E-state index contributed by atoms with van der Waals surface area (Å²) in [4.78, 5) is 124. The smallest absolute Gasteiger partial charge is 0.325 e. The standard InChI is InChI=1S/C75H95N11O15S/c1-49-41-50(2)67(51(3)42-49)102(96,97)84-60(71(95)98-10)47-81-68(92)57-48-85(61-43-52(29-30-56(61)66(57)91)46-82-72-80-36-38-86(72)75(53-23-14-11-15-24-53,54-25-16-12-17-26-54)55-27-18-13-19-28-55)37-20-33-77-62(87)31-32-63(88)78-34-21-39-99-40-22-35-79-70(94)59(45-65(90)101-74(7,8)9)83-69(93)58(76)44-64(89)100-73(4,5)6/h11-19,23-30,36,38,41-43,48,58-60,84H,20-22,31-35,37,39-40,44-47,76H2,1-10H3,(H,77,87)(H,78,88)(H,79,94)(H,80,82)(H,81,92)(H,83,93). The van der Waals surface area contributed by atoms with Crippen LogP contribution in [0.2, 0.25) is 0 Å². The summed E-state index contributed by atoms with van der Waals surface area (Å²) in [5.74, 6) is -5.03. The van der Waals surface area contributed by atoms with Crippen LogP contribution in [0.4, 0.5) is 5.95 Å². The number of amides is 5. The SMILES string of the molecule is COC(=O)C(CNC(=O)c1cn(CCCNC(=O)CCC(=O)NCCCOCCCNC(=O)C(CC(=O)OC(C)(C)C)NC(=O)C(N)CC(=O)OC(C)(C)C)c2cc(CNc3nccn3C(c3ccccc3)(c3ccccc3)c3ccccc3)ccc2c1=O)NS(=O)(=O)c1c(C)cc(C)cc1C. The largest absolute Gasteiger partial charge is 0.468 e. The van der Waals surface area contributed by atoms with E-state index in [1.54, 1.807) is 90.4 Å². The molecule has 7 aromatic rings. The number of pyridine rings is 1. The molecule has 3 atom stereocenters. The van der Waals surface area contributed by atoms with Crippen LogP contribution in [0.25, 0.3) is 10.9 Å². The van der Waals surface area contributed by atoms with Crippen LogP contribution in [0, 0.1) is 20.8 Å². The zero-order chi connectivity index (χ0) is 74.4. The molecule has 0 spiro atoms. The fourth-order valence-corrected chi connectivity index (χ4v) is 13.4. The Morgan fingerprint density at radius 3 is 1.71 bits per heavy atom. The number of carbonyl (C=O) groups is 8. The number of aryl methyl sites for hydroxylation is 4. The van der Waals surface area contributed by atoms with E-state index in [0.29, 0.717) is 41.9 Å². The number of hydrogen-bond acceptors (Lipinski definition) is 18. The maximum absolute atomic E-state index is 14.5. The van der Waals surface area contributed by atoms with Crippen LogP contribution in [0.1, 0.15) is 136 Å². The Morgan fingerprint density at radius 1 is 0.637 bits per heavy atom. The minimum Gasteiger partial charge on any atom is -0.468 e. The summed E-state index contributed by atoms with van der Waals surface area (Å²) in [6.45, 7) is 15.9. The molecule has 27 heteroatoms. The monoisotopic (exact) mass is 1420 g/mol. The molecule has 0 aliphatic rings. The van der Waals surface area contributed by atoms with Gasteiger partial charge in [0, 0.05) is 89.3 Å². The molecular formula is C75H95N11O15S. The summed E-state index contributed by atoms with van der Waals surface area (Å²) in [5.41, 5.74) is 8.38. The number of anilines is 1. The lowest BCUT2D eigenvalue weighted by atomic mass is 9.76. The average Bonchev–Trinajstić information content (AvgIpc) is 1.25.